The molecular weight excluding hydrogens is 282 g/mol. The van der Waals surface area contributed by atoms with Crippen LogP contribution < -0.4 is 11.1 Å². The van der Waals surface area contributed by atoms with Crippen molar-refractivity contribution >= 4 is 5.69 Å². The minimum Gasteiger partial charge on any atom is -0.399 e. The zero-order valence-corrected chi connectivity index (χ0v) is 14.4. The van der Waals surface area contributed by atoms with Crippen molar-refractivity contribution in [3.8, 4) is 0 Å². The number of hydrogen-bond donors (Lipinski definition) is 2. The van der Waals surface area contributed by atoms with Crippen molar-refractivity contribution < 1.29 is 0 Å². The predicted octanol–water partition coefficient (Wildman–Crippen LogP) is 2.88. The molecule has 3 heteroatoms. The normalized spacial score (nSPS) is 11.1. The summed E-state index contributed by atoms with van der Waals surface area (Å²) in [6.07, 6.45) is 2.17. The monoisotopic (exact) mass is 311 g/mol. The number of nitrogen functional groups attached to an aromatic ring is 1. The topological polar surface area (TPSA) is 41.3 Å². The van der Waals surface area contributed by atoms with Crippen LogP contribution >= 0.6 is 0 Å². The second kappa shape index (κ2) is 9.33. The van der Waals surface area contributed by atoms with E-state index in [-0.39, 0.29) is 0 Å². The van der Waals surface area contributed by atoms with Gasteiger partial charge in [-0.15, -0.1) is 0 Å². The molecule has 0 fully saturated rings. The van der Waals surface area contributed by atoms with Gasteiger partial charge in [0.25, 0.3) is 0 Å². The van der Waals surface area contributed by atoms with Crippen molar-refractivity contribution in [1.29, 1.82) is 0 Å². The molecule has 0 unspecified atom stereocenters. The second-order valence-corrected chi connectivity index (χ2v) is 6.12. The van der Waals surface area contributed by atoms with Crippen molar-refractivity contribution in [3.05, 3.63) is 65.2 Å². The zero-order valence-electron chi connectivity index (χ0n) is 14.4. The molecule has 0 saturated heterocycles. The van der Waals surface area contributed by atoms with E-state index in [0.717, 1.165) is 44.7 Å². The Bertz CT molecular complexity index is 581. The Morgan fingerprint density at radius 3 is 2.26 bits per heavy atom. The maximum Gasteiger partial charge on any atom is 0.0343 e. The second-order valence-electron chi connectivity index (χ2n) is 6.12. The van der Waals surface area contributed by atoms with Crippen LogP contribution in [0.2, 0.25) is 0 Å². The lowest BCUT2D eigenvalue weighted by atomic mass is 10.1. The average molecular weight is 311 g/mol. The summed E-state index contributed by atoms with van der Waals surface area (Å²) in [5.41, 5.74) is 10.7. The lowest BCUT2D eigenvalue weighted by Gasteiger charge is -2.22. The largest absolute Gasteiger partial charge is 0.399 e. The number of rotatable bonds is 9. The van der Waals surface area contributed by atoms with Gasteiger partial charge < -0.3 is 16.0 Å². The number of anilines is 1. The molecule has 0 aliphatic carbocycles. The highest BCUT2D eigenvalue weighted by molar-refractivity contribution is 5.47. The number of hydrogen-bond acceptors (Lipinski definition) is 3. The number of likely N-dealkylation sites (N-methyl/N-ethyl adjacent to an activating group) is 1. The molecule has 2 rings (SSSR count). The Labute approximate surface area is 140 Å². The fourth-order valence-electron chi connectivity index (χ4n) is 2.72. The molecule has 2 aromatic rings. The van der Waals surface area contributed by atoms with Gasteiger partial charge in [0, 0.05) is 31.9 Å². The molecule has 0 spiro atoms. The van der Waals surface area contributed by atoms with Gasteiger partial charge in [-0.05, 0) is 49.6 Å². The third kappa shape index (κ3) is 6.05. The first-order chi connectivity index (χ1) is 11.2. The molecule has 0 radical (unpaired) electrons. The van der Waals surface area contributed by atoms with Crippen molar-refractivity contribution in [2.75, 3.05) is 39.0 Å². The Balaban J connectivity index is 1.88. The van der Waals surface area contributed by atoms with Crippen LogP contribution in [-0.2, 0) is 12.8 Å². The Morgan fingerprint density at radius 2 is 1.61 bits per heavy atom. The van der Waals surface area contributed by atoms with Crippen LogP contribution in [0.3, 0.4) is 0 Å². The van der Waals surface area contributed by atoms with Crippen molar-refractivity contribution in [2.24, 2.45) is 0 Å². The summed E-state index contributed by atoms with van der Waals surface area (Å²) in [6.45, 7) is 6.36. The number of nitrogens with zero attached hydrogens (tertiary/aromatic N) is 1. The van der Waals surface area contributed by atoms with Crippen LogP contribution in [0.5, 0.6) is 0 Å². The quantitative estimate of drug-likeness (QED) is 0.700. The van der Waals surface area contributed by atoms with Crippen LogP contribution in [0.15, 0.2) is 48.5 Å². The summed E-state index contributed by atoms with van der Waals surface area (Å²) in [7, 11) is 2.01. The first-order valence-corrected chi connectivity index (χ1v) is 8.45. The molecular formula is C20H29N3. The van der Waals surface area contributed by atoms with Crippen LogP contribution in [0.1, 0.15) is 16.7 Å². The number of aryl methyl sites for hydroxylation is 1. The first kappa shape index (κ1) is 17.5. The summed E-state index contributed by atoms with van der Waals surface area (Å²) in [5.74, 6) is 0. The van der Waals surface area contributed by atoms with Crippen molar-refractivity contribution in [2.45, 2.75) is 19.8 Å². The number of nitrogens with one attached hydrogen (secondary N) is 1. The fourth-order valence-corrected chi connectivity index (χ4v) is 2.72. The lowest BCUT2D eigenvalue weighted by molar-refractivity contribution is 0.282. The zero-order chi connectivity index (χ0) is 16.5. The van der Waals surface area contributed by atoms with E-state index >= 15 is 0 Å². The summed E-state index contributed by atoms with van der Waals surface area (Å²) in [4.78, 5) is 2.54. The van der Waals surface area contributed by atoms with Gasteiger partial charge in [0.1, 0.15) is 0 Å². The smallest absolute Gasteiger partial charge is 0.0343 e. The summed E-state index contributed by atoms with van der Waals surface area (Å²) in [6, 6.07) is 17.1. The highest BCUT2D eigenvalue weighted by atomic mass is 15.1. The van der Waals surface area contributed by atoms with Crippen LogP contribution in [-0.4, -0.2) is 38.1 Å². The van der Waals surface area contributed by atoms with E-state index in [9.17, 15) is 0 Å². The SMILES string of the molecule is CNCCN(CCc1ccccc1)CCc1ccc(N)c(C)c1. The molecule has 3 N–H and O–H groups in total. The van der Waals surface area contributed by atoms with Gasteiger partial charge in [-0.2, -0.15) is 0 Å². The summed E-state index contributed by atoms with van der Waals surface area (Å²) >= 11 is 0. The minimum atomic E-state index is 0.880. The van der Waals surface area contributed by atoms with Crippen molar-refractivity contribution in [3.63, 3.8) is 0 Å². The van der Waals surface area contributed by atoms with Crippen LogP contribution in [0.25, 0.3) is 0 Å². The van der Waals surface area contributed by atoms with E-state index < -0.39 is 0 Å². The standard InChI is InChI=1S/C20H29N3/c1-17-16-19(8-9-20(17)21)11-14-23(15-12-22-2)13-10-18-6-4-3-5-7-18/h3-9,16,22H,10-15,21H2,1-2H3. The molecule has 23 heavy (non-hydrogen) atoms. The lowest BCUT2D eigenvalue weighted by Crippen LogP contribution is -2.34. The molecule has 0 aliphatic heterocycles. The van der Waals surface area contributed by atoms with Gasteiger partial charge in [0.2, 0.25) is 0 Å². The van der Waals surface area contributed by atoms with E-state index in [4.69, 9.17) is 5.73 Å². The average Bonchev–Trinajstić information content (AvgIpc) is 2.58. The molecule has 0 saturated carbocycles. The number of nitrogens with two attached hydrogens (primary N) is 1. The van der Waals surface area contributed by atoms with E-state index in [2.05, 4.69) is 59.6 Å². The molecule has 0 amide bonds. The third-order valence-corrected chi connectivity index (χ3v) is 4.29. The van der Waals surface area contributed by atoms with Gasteiger partial charge in [-0.1, -0.05) is 42.5 Å². The van der Waals surface area contributed by atoms with Crippen LogP contribution in [0.4, 0.5) is 5.69 Å². The van der Waals surface area contributed by atoms with Gasteiger partial charge in [-0.3, -0.25) is 0 Å². The third-order valence-electron chi connectivity index (χ3n) is 4.29. The van der Waals surface area contributed by atoms with E-state index in [1.165, 1.54) is 16.7 Å². The summed E-state index contributed by atoms with van der Waals surface area (Å²) in [5, 5.41) is 3.25. The summed E-state index contributed by atoms with van der Waals surface area (Å²) < 4.78 is 0. The highest BCUT2D eigenvalue weighted by Crippen LogP contribution is 2.13. The minimum absolute atomic E-state index is 0.880. The van der Waals surface area contributed by atoms with Gasteiger partial charge >= 0.3 is 0 Å². The van der Waals surface area contributed by atoms with E-state index in [1.54, 1.807) is 0 Å². The molecule has 0 atom stereocenters. The number of benzene rings is 2. The van der Waals surface area contributed by atoms with Gasteiger partial charge in [-0.25, -0.2) is 0 Å². The van der Waals surface area contributed by atoms with E-state index in [1.807, 2.05) is 13.1 Å². The highest BCUT2D eigenvalue weighted by Gasteiger charge is 2.06. The molecule has 0 aromatic heterocycles. The molecule has 0 aliphatic rings. The maximum absolute atomic E-state index is 5.90. The maximum atomic E-state index is 5.90. The van der Waals surface area contributed by atoms with Crippen molar-refractivity contribution in [1.82, 2.24) is 10.2 Å². The molecule has 124 valence electrons. The Morgan fingerprint density at radius 1 is 0.913 bits per heavy atom. The first-order valence-electron chi connectivity index (χ1n) is 8.45. The van der Waals surface area contributed by atoms with E-state index in [0.29, 0.717) is 0 Å². The van der Waals surface area contributed by atoms with Gasteiger partial charge in [0.15, 0.2) is 0 Å². The predicted molar refractivity (Wildman–Crippen MR) is 99.8 cm³/mol. The molecule has 2 aromatic carbocycles. The van der Waals surface area contributed by atoms with Gasteiger partial charge in [0.05, 0.1) is 0 Å². The Hall–Kier alpha value is -1.84. The Kier molecular flexibility index (Phi) is 7.11. The molecule has 0 heterocycles. The molecule has 3 nitrogen and oxygen atoms in total. The molecule has 0 bridgehead atoms. The van der Waals surface area contributed by atoms with Crippen LogP contribution in [0, 0.1) is 6.92 Å². The fraction of sp³-hybridized carbons (Fsp3) is 0.400.